The maximum Gasteiger partial charge on any atom is 0.511 e. The smallest absolute Gasteiger partial charge is 0.490 e. The summed E-state index contributed by atoms with van der Waals surface area (Å²) in [5, 5.41) is 1.72. The topological polar surface area (TPSA) is 88.9 Å². The van der Waals surface area contributed by atoms with Gasteiger partial charge < -0.3 is 23.5 Å². The lowest BCUT2D eigenvalue weighted by Crippen LogP contribution is -2.22. The number of hydrogen-bond donors (Lipinski definition) is 0. The molecule has 0 aliphatic heterocycles. The molecule has 0 N–H and O–H groups in total. The largest absolute Gasteiger partial charge is 0.511 e. The predicted molar refractivity (Wildman–Crippen MR) is 85.0 cm³/mol. The predicted octanol–water partition coefficient (Wildman–Crippen LogP) is 2.70. The Morgan fingerprint density at radius 1 is 1.38 bits per heavy atom. The molecule has 0 saturated carbocycles. The van der Waals surface area contributed by atoms with Gasteiger partial charge in [0.2, 0.25) is 6.29 Å². The molecular formula is C15H18N2O6S. The van der Waals surface area contributed by atoms with E-state index in [1.54, 1.807) is 30.9 Å². The van der Waals surface area contributed by atoms with Crippen LogP contribution in [-0.2, 0) is 20.8 Å². The fraction of sp³-hybridized carbons (Fsp3) is 0.400. The summed E-state index contributed by atoms with van der Waals surface area (Å²) in [7, 11) is 0. The van der Waals surface area contributed by atoms with Gasteiger partial charge in [0.25, 0.3) is 0 Å². The van der Waals surface area contributed by atoms with Gasteiger partial charge in [-0.05, 0) is 18.4 Å². The number of hydrogen-bond acceptors (Lipinski definition) is 8. The molecule has 2 rings (SSSR count). The van der Waals surface area contributed by atoms with Gasteiger partial charge in [0, 0.05) is 19.3 Å². The Morgan fingerprint density at radius 2 is 2.21 bits per heavy atom. The quantitative estimate of drug-likeness (QED) is 0.532. The van der Waals surface area contributed by atoms with Gasteiger partial charge in [0.05, 0.1) is 19.5 Å². The van der Waals surface area contributed by atoms with Crippen LogP contribution in [0.1, 0.15) is 23.5 Å². The molecule has 0 aliphatic carbocycles. The fourth-order valence-electron chi connectivity index (χ4n) is 1.76. The third-order valence-electron chi connectivity index (χ3n) is 2.78. The van der Waals surface area contributed by atoms with Crippen LogP contribution in [0.4, 0.5) is 4.79 Å². The fourth-order valence-corrected chi connectivity index (χ4v) is 2.47. The first-order valence-corrected chi connectivity index (χ1v) is 8.18. The number of rotatable bonds is 8. The third-order valence-corrected chi connectivity index (χ3v) is 3.65. The van der Waals surface area contributed by atoms with E-state index in [1.807, 2.05) is 10.8 Å². The van der Waals surface area contributed by atoms with E-state index in [9.17, 15) is 9.59 Å². The Hall–Kier alpha value is -2.55. The monoisotopic (exact) mass is 354 g/mol. The van der Waals surface area contributed by atoms with Crippen molar-refractivity contribution in [1.29, 1.82) is 0 Å². The van der Waals surface area contributed by atoms with Crippen LogP contribution in [-0.4, -0.2) is 41.2 Å². The summed E-state index contributed by atoms with van der Waals surface area (Å²) in [6, 6.07) is 1.69. The summed E-state index contributed by atoms with van der Waals surface area (Å²) in [5.41, 5.74) is 0. The molecule has 0 aromatic carbocycles. The molecule has 0 bridgehead atoms. The van der Waals surface area contributed by atoms with Gasteiger partial charge in [0.1, 0.15) is 12.4 Å². The zero-order valence-corrected chi connectivity index (χ0v) is 14.2. The van der Waals surface area contributed by atoms with Crippen LogP contribution in [0.15, 0.2) is 30.2 Å². The Labute approximate surface area is 142 Å². The van der Waals surface area contributed by atoms with Crippen molar-refractivity contribution in [2.24, 2.45) is 0 Å². The van der Waals surface area contributed by atoms with E-state index in [2.05, 4.69) is 9.72 Å². The van der Waals surface area contributed by atoms with Crippen LogP contribution in [0, 0.1) is 0 Å². The highest BCUT2D eigenvalue weighted by Gasteiger charge is 2.21. The van der Waals surface area contributed by atoms with Gasteiger partial charge >= 0.3 is 12.1 Å². The summed E-state index contributed by atoms with van der Waals surface area (Å²) in [6.45, 7) is 4.24. The van der Waals surface area contributed by atoms with Crippen LogP contribution >= 0.6 is 11.3 Å². The van der Waals surface area contributed by atoms with E-state index in [1.165, 1.54) is 18.3 Å². The number of esters is 1. The van der Waals surface area contributed by atoms with Crippen molar-refractivity contribution in [2.75, 3.05) is 13.2 Å². The number of carbonyl (C=O) groups is 2. The molecule has 2 heterocycles. The SMILES string of the molecule is CCOC(=O)OC(C)OC(=O)c1sccc1OCCn1ccnc1. The minimum absolute atomic E-state index is 0.180. The van der Waals surface area contributed by atoms with E-state index in [4.69, 9.17) is 14.2 Å². The average molecular weight is 354 g/mol. The Balaban J connectivity index is 1.84. The van der Waals surface area contributed by atoms with E-state index in [0.29, 0.717) is 23.8 Å². The van der Waals surface area contributed by atoms with Gasteiger partial charge in [-0.25, -0.2) is 14.6 Å². The standard InChI is InChI=1S/C15H18N2O6S/c1-3-20-15(19)23-11(2)22-14(18)13-12(4-9-24-13)21-8-7-17-6-5-16-10-17/h4-6,9-11H,3,7-8H2,1-2H3. The zero-order valence-electron chi connectivity index (χ0n) is 13.3. The Bertz CT molecular complexity index is 655. The molecule has 2 aromatic rings. The molecule has 1 atom stereocenters. The molecule has 130 valence electrons. The minimum atomic E-state index is -1.06. The molecule has 0 aliphatic rings. The first kappa shape index (κ1) is 17.8. The van der Waals surface area contributed by atoms with Crippen LogP contribution in [0.2, 0.25) is 0 Å². The second-order valence-electron chi connectivity index (χ2n) is 4.54. The molecule has 8 nitrogen and oxygen atoms in total. The van der Waals surface area contributed by atoms with E-state index >= 15 is 0 Å². The molecule has 9 heteroatoms. The average Bonchev–Trinajstić information content (AvgIpc) is 3.18. The van der Waals surface area contributed by atoms with E-state index in [-0.39, 0.29) is 6.61 Å². The van der Waals surface area contributed by atoms with Gasteiger partial charge in [0.15, 0.2) is 4.88 Å². The molecule has 0 spiro atoms. The highest BCUT2D eigenvalue weighted by atomic mass is 32.1. The van der Waals surface area contributed by atoms with Gasteiger partial charge in [-0.2, -0.15) is 0 Å². The number of thiophene rings is 1. The van der Waals surface area contributed by atoms with Gasteiger partial charge in [-0.3, -0.25) is 0 Å². The molecule has 0 saturated heterocycles. The third kappa shape index (κ3) is 5.27. The van der Waals surface area contributed by atoms with Crippen LogP contribution in [0.5, 0.6) is 5.75 Å². The minimum Gasteiger partial charge on any atom is -0.490 e. The zero-order chi connectivity index (χ0) is 17.4. The van der Waals surface area contributed by atoms with Crippen molar-refractivity contribution >= 4 is 23.5 Å². The van der Waals surface area contributed by atoms with Crippen LogP contribution in [0.25, 0.3) is 0 Å². The molecule has 0 radical (unpaired) electrons. The summed E-state index contributed by atoms with van der Waals surface area (Å²) in [6.07, 6.45) is 3.23. The maximum atomic E-state index is 12.1. The van der Waals surface area contributed by atoms with Gasteiger partial charge in [-0.1, -0.05) is 0 Å². The lowest BCUT2D eigenvalue weighted by Gasteiger charge is -2.13. The van der Waals surface area contributed by atoms with E-state index in [0.717, 1.165) is 0 Å². The van der Waals surface area contributed by atoms with Crippen LogP contribution in [0.3, 0.4) is 0 Å². The molecule has 0 fully saturated rings. The molecule has 0 amide bonds. The first-order chi connectivity index (χ1) is 11.6. The number of nitrogens with zero attached hydrogens (tertiary/aromatic N) is 2. The lowest BCUT2D eigenvalue weighted by molar-refractivity contribution is -0.0809. The normalized spacial score (nSPS) is 11.6. The highest BCUT2D eigenvalue weighted by molar-refractivity contribution is 7.12. The van der Waals surface area contributed by atoms with Crippen molar-refractivity contribution < 1.29 is 28.5 Å². The number of imidazole rings is 1. The summed E-state index contributed by atoms with van der Waals surface area (Å²) < 4.78 is 21.9. The summed E-state index contributed by atoms with van der Waals surface area (Å²) in [5.74, 6) is -0.201. The van der Waals surface area contributed by atoms with Crippen molar-refractivity contribution in [2.45, 2.75) is 26.7 Å². The number of aromatic nitrogens is 2. The Morgan fingerprint density at radius 3 is 2.92 bits per heavy atom. The van der Waals surface area contributed by atoms with Gasteiger partial charge in [-0.15, -0.1) is 11.3 Å². The lowest BCUT2D eigenvalue weighted by atomic mass is 10.4. The van der Waals surface area contributed by atoms with Crippen molar-refractivity contribution in [1.82, 2.24) is 9.55 Å². The Kier molecular flexibility index (Phi) is 6.62. The summed E-state index contributed by atoms with van der Waals surface area (Å²) >= 11 is 1.19. The molecule has 24 heavy (non-hydrogen) atoms. The molecule has 1 unspecified atom stereocenters. The van der Waals surface area contributed by atoms with Crippen molar-refractivity contribution in [3.8, 4) is 5.75 Å². The van der Waals surface area contributed by atoms with Crippen molar-refractivity contribution in [3.63, 3.8) is 0 Å². The second-order valence-corrected chi connectivity index (χ2v) is 5.45. The molecular weight excluding hydrogens is 336 g/mol. The summed E-state index contributed by atoms with van der Waals surface area (Å²) in [4.78, 5) is 27.5. The molecule has 2 aromatic heterocycles. The highest BCUT2D eigenvalue weighted by Crippen LogP contribution is 2.26. The maximum absolute atomic E-state index is 12.1. The second kappa shape index (κ2) is 8.92. The first-order valence-electron chi connectivity index (χ1n) is 7.30. The van der Waals surface area contributed by atoms with Crippen LogP contribution < -0.4 is 4.74 Å². The van der Waals surface area contributed by atoms with E-state index < -0.39 is 18.4 Å². The number of ether oxygens (including phenoxy) is 4. The number of carbonyl (C=O) groups excluding carboxylic acids is 2. The van der Waals surface area contributed by atoms with Crippen molar-refractivity contribution in [3.05, 3.63) is 35.0 Å².